The van der Waals surface area contributed by atoms with E-state index in [4.69, 9.17) is 5.73 Å². The van der Waals surface area contributed by atoms with Crippen LogP contribution in [0.4, 0.5) is 0 Å². The summed E-state index contributed by atoms with van der Waals surface area (Å²) < 4.78 is 0. The number of pyridine rings is 1. The predicted octanol–water partition coefficient (Wildman–Crippen LogP) is 1.05. The van der Waals surface area contributed by atoms with Crippen molar-refractivity contribution in [3.63, 3.8) is 0 Å². The first-order valence-electron chi connectivity index (χ1n) is 5.23. The Morgan fingerprint density at radius 1 is 1.43 bits per heavy atom. The van der Waals surface area contributed by atoms with Crippen LogP contribution >= 0.6 is 0 Å². The highest BCUT2D eigenvalue weighted by Crippen LogP contribution is 2.17. The maximum absolute atomic E-state index is 5.84. The van der Waals surface area contributed by atoms with Crippen molar-refractivity contribution in [1.82, 2.24) is 10.3 Å². The zero-order valence-corrected chi connectivity index (χ0v) is 8.32. The van der Waals surface area contributed by atoms with E-state index in [-0.39, 0.29) is 0 Å². The smallest absolute Gasteiger partial charge is 0.0541 e. The molecule has 1 aromatic heterocycles. The molecule has 1 saturated carbocycles. The molecule has 76 valence electrons. The molecule has 3 nitrogen and oxygen atoms in total. The Hall–Kier alpha value is -0.930. The molecule has 2 unspecified atom stereocenters. The molecule has 3 N–H and O–H groups in total. The predicted molar refractivity (Wildman–Crippen MR) is 56.7 cm³/mol. The van der Waals surface area contributed by atoms with Crippen LogP contribution < -0.4 is 11.1 Å². The molecular formula is C11H17N3. The summed E-state index contributed by atoms with van der Waals surface area (Å²) in [5, 5.41) is 3.49. The Balaban J connectivity index is 1.78. The minimum atomic E-state index is 0.399. The summed E-state index contributed by atoms with van der Waals surface area (Å²) in [6.07, 6.45) is 5.29. The second kappa shape index (κ2) is 4.53. The molecule has 0 aromatic carbocycles. The highest BCUT2D eigenvalue weighted by atomic mass is 14.9. The van der Waals surface area contributed by atoms with Crippen LogP contribution in [-0.4, -0.2) is 17.1 Å². The van der Waals surface area contributed by atoms with Crippen LogP contribution in [0.15, 0.2) is 24.4 Å². The van der Waals surface area contributed by atoms with Crippen molar-refractivity contribution in [2.45, 2.75) is 37.9 Å². The normalized spacial score (nSPS) is 26.6. The third kappa shape index (κ3) is 2.53. The zero-order chi connectivity index (χ0) is 9.80. The molecule has 1 aliphatic rings. The number of hydrogen-bond acceptors (Lipinski definition) is 3. The molecule has 1 aromatic rings. The fourth-order valence-electron chi connectivity index (χ4n) is 1.95. The summed E-state index contributed by atoms with van der Waals surface area (Å²) in [6.45, 7) is 0.859. The van der Waals surface area contributed by atoms with Crippen molar-refractivity contribution in [3.8, 4) is 0 Å². The van der Waals surface area contributed by atoms with Crippen molar-refractivity contribution in [2.24, 2.45) is 5.73 Å². The van der Waals surface area contributed by atoms with Gasteiger partial charge in [0.25, 0.3) is 0 Å². The van der Waals surface area contributed by atoms with E-state index in [1.54, 1.807) is 0 Å². The van der Waals surface area contributed by atoms with Crippen LogP contribution in [0.2, 0.25) is 0 Å². The fourth-order valence-corrected chi connectivity index (χ4v) is 1.95. The summed E-state index contributed by atoms with van der Waals surface area (Å²) in [5.41, 5.74) is 6.94. The first-order chi connectivity index (χ1) is 6.84. The molecule has 0 bridgehead atoms. The summed E-state index contributed by atoms with van der Waals surface area (Å²) in [5.74, 6) is 0. The van der Waals surface area contributed by atoms with Crippen molar-refractivity contribution in [2.75, 3.05) is 0 Å². The highest BCUT2D eigenvalue weighted by molar-refractivity contribution is 5.03. The van der Waals surface area contributed by atoms with Gasteiger partial charge in [0.05, 0.1) is 5.69 Å². The van der Waals surface area contributed by atoms with Gasteiger partial charge in [0, 0.05) is 24.8 Å². The van der Waals surface area contributed by atoms with Crippen molar-refractivity contribution >= 4 is 0 Å². The lowest BCUT2D eigenvalue weighted by atomic mass is 10.2. The van der Waals surface area contributed by atoms with Crippen LogP contribution in [0.3, 0.4) is 0 Å². The van der Waals surface area contributed by atoms with E-state index in [1.807, 2.05) is 24.4 Å². The SMILES string of the molecule is NC1CCC(NCc2ccccn2)C1. The number of nitrogens with zero attached hydrogens (tertiary/aromatic N) is 1. The van der Waals surface area contributed by atoms with Gasteiger partial charge in [0.2, 0.25) is 0 Å². The minimum absolute atomic E-state index is 0.399. The van der Waals surface area contributed by atoms with Crippen molar-refractivity contribution in [1.29, 1.82) is 0 Å². The lowest BCUT2D eigenvalue weighted by molar-refractivity contribution is 0.512. The molecule has 2 atom stereocenters. The number of nitrogens with one attached hydrogen (secondary N) is 1. The summed E-state index contributed by atoms with van der Waals surface area (Å²) >= 11 is 0. The van der Waals surface area contributed by atoms with Gasteiger partial charge < -0.3 is 11.1 Å². The summed E-state index contributed by atoms with van der Waals surface area (Å²) in [7, 11) is 0. The van der Waals surface area contributed by atoms with E-state index in [9.17, 15) is 0 Å². The summed E-state index contributed by atoms with van der Waals surface area (Å²) in [4.78, 5) is 4.26. The van der Waals surface area contributed by atoms with Gasteiger partial charge in [-0.15, -0.1) is 0 Å². The average Bonchev–Trinajstić information content (AvgIpc) is 2.63. The standard InChI is InChI=1S/C11H17N3/c12-9-4-5-10(7-9)14-8-11-3-1-2-6-13-11/h1-3,6,9-10,14H,4-5,7-8,12H2. The molecule has 0 amide bonds. The number of hydrogen-bond donors (Lipinski definition) is 2. The Labute approximate surface area is 84.7 Å². The molecule has 14 heavy (non-hydrogen) atoms. The van der Waals surface area contributed by atoms with Crippen LogP contribution in [0.25, 0.3) is 0 Å². The van der Waals surface area contributed by atoms with Gasteiger partial charge in [-0.05, 0) is 31.4 Å². The molecular weight excluding hydrogens is 174 g/mol. The minimum Gasteiger partial charge on any atom is -0.328 e. The number of rotatable bonds is 3. The van der Waals surface area contributed by atoms with Gasteiger partial charge in [-0.2, -0.15) is 0 Å². The van der Waals surface area contributed by atoms with Crippen LogP contribution in [0.1, 0.15) is 25.0 Å². The second-order valence-electron chi connectivity index (χ2n) is 3.97. The largest absolute Gasteiger partial charge is 0.328 e. The highest BCUT2D eigenvalue weighted by Gasteiger charge is 2.20. The van der Waals surface area contributed by atoms with E-state index in [1.165, 1.54) is 6.42 Å². The monoisotopic (exact) mass is 191 g/mol. The molecule has 1 aliphatic carbocycles. The molecule has 1 heterocycles. The number of aromatic nitrogens is 1. The molecule has 0 saturated heterocycles. The Kier molecular flexibility index (Phi) is 3.11. The second-order valence-corrected chi connectivity index (χ2v) is 3.97. The quantitative estimate of drug-likeness (QED) is 0.751. The Morgan fingerprint density at radius 3 is 3.00 bits per heavy atom. The molecule has 0 radical (unpaired) electrons. The van der Waals surface area contributed by atoms with Gasteiger partial charge in [-0.25, -0.2) is 0 Å². The molecule has 3 heteroatoms. The molecule has 1 fully saturated rings. The zero-order valence-electron chi connectivity index (χ0n) is 8.32. The maximum atomic E-state index is 5.84. The molecule has 0 spiro atoms. The first kappa shape index (κ1) is 9.62. The maximum Gasteiger partial charge on any atom is 0.0541 e. The van der Waals surface area contributed by atoms with Crippen LogP contribution in [0.5, 0.6) is 0 Å². The van der Waals surface area contributed by atoms with Crippen molar-refractivity contribution in [3.05, 3.63) is 30.1 Å². The van der Waals surface area contributed by atoms with Gasteiger partial charge >= 0.3 is 0 Å². The van der Waals surface area contributed by atoms with E-state index in [0.717, 1.165) is 25.1 Å². The fraction of sp³-hybridized carbons (Fsp3) is 0.545. The van der Waals surface area contributed by atoms with E-state index in [0.29, 0.717) is 12.1 Å². The van der Waals surface area contributed by atoms with Crippen molar-refractivity contribution < 1.29 is 0 Å². The third-order valence-corrected chi connectivity index (χ3v) is 2.77. The van der Waals surface area contributed by atoms with Gasteiger partial charge in [0.15, 0.2) is 0 Å². The van der Waals surface area contributed by atoms with Gasteiger partial charge in [0.1, 0.15) is 0 Å². The lowest BCUT2D eigenvalue weighted by Gasteiger charge is -2.11. The average molecular weight is 191 g/mol. The molecule has 2 rings (SSSR count). The van der Waals surface area contributed by atoms with E-state index < -0.39 is 0 Å². The van der Waals surface area contributed by atoms with E-state index >= 15 is 0 Å². The first-order valence-corrected chi connectivity index (χ1v) is 5.23. The topological polar surface area (TPSA) is 50.9 Å². The Bertz CT molecular complexity index is 273. The summed E-state index contributed by atoms with van der Waals surface area (Å²) in [6, 6.07) is 6.99. The molecule has 0 aliphatic heterocycles. The van der Waals surface area contributed by atoms with Crippen LogP contribution in [-0.2, 0) is 6.54 Å². The Morgan fingerprint density at radius 2 is 2.36 bits per heavy atom. The number of nitrogens with two attached hydrogens (primary N) is 1. The lowest BCUT2D eigenvalue weighted by Crippen LogP contribution is -2.28. The third-order valence-electron chi connectivity index (χ3n) is 2.77. The van der Waals surface area contributed by atoms with E-state index in [2.05, 4.69) is 10.3 Å². The van der Waals surface area contributed by atoms with Gasteiger partial charge in [-0.1, -0.05) is 6.07 Å². The van der Waals surface area contributed by atoms with Gasteiger partial charge in [-0.3, -0.25) is 4.98 Å². The van der Waals surface area contributed by atoms with Crippen LogP contribution in [0, 0.1) is 0 Å².